The van der Waals surface area contributed by atoms with Crippen LogP contribution in [0.1, 0.15) is 15.9 Å². The number of carbonyl (C=O) groups excluding carboxylic acids is 1. The monoisotopic (exact) mass is 339 g/mol. The molecule has 0 saturated carbocycles. The van der Waals surface area contributed by atoms with Gasteiger partial charge in [-0.25, -0.2) is 0 Å². The lowest BCUT2D eigenvalue weighted by atomic mass is 10.1. The summed E-state index contributed by atoms with van der Waals surface area (Å²) in [4.78, 5) is 16.0. The molecule has 3 N–H and O–H groups in total. The van der Waals surface area contributed by atoms with Gasteiger partial charge in [-0.1, -0.05) is 27.5 Å². The van der Waals surface area contributed by atoms with Crippen LogP contribution in [-0.2, 0) is 0 Å². The number of amides is 1. The first-order chi connectivity index (χ1) is 8.99. The fourth-order valence-corrected chi connectivity index (χ4v) is 2.48. The van der Waals surface area contributed by atoms with Gasteiger partial charge >= 0.3 is 0 Å². The van der Waals surface area contributed by atoms with Crippen LogP contribution in [-0.4, -0.2) is 10.9 Å². The fourth-order valence-electron chi connectivity index (χ4n) is 1.68. The molecule has 0 fully saturated rings. The Bertz CT molecular complexity index is 623. The lowest BCUT2D eigenvalue weighted by Crippen LogP contribution is -2.14. The number of pyridine rings is 1. The van der Waals surface area contributed by atoms with Crippen molar-refractivity contribution in [3.8, 4) is 0 Å². The van der Waals surface area contributed by atoms with Crippen LogP contribution >= 0.6 is 27.5 Å². The summed E-state index contributed by atoms with van der Waals surface area (Å²) in [7, 11) is 0. The van der Waals surface area contributed by atoms with E-state index in [0.717, 1.165) is 10.0 Å². The highest BCUT2D eigenvalue weighted by molar-refractivity contribution is 9.10. The molecule has 6 heteroatoms. The number of aryl methyl sites for hydroxylation is 1. The molecule has 2 aromatic rings. The van der Waals surface area contributed by atoms with E-state index >= 15 is 0 Å². The molecular weight excluding hydrogens is 330 g/mol. The normalized spacial score (nSPS) is 10.3. The van der Waals surface area contributed by atoms with Crippen LogP contribution in [0.4, 0.5) is 11.4 Å². The summed E-state index contributed by atoms with van der Waals surface area (Å²) >= 11 is 9.28. The van der Waals surface area contributed by atoms with Crippen molar-refractivity contribution in [2.45, 2.75) is 6.92 Å². The Labute approximate surface area is 124 Å². The van der Waals surface area contributed by atoms with Crippen molar-refractivity contribution in [3.63, 3.8) is 0 Å². The van der Waals surface area contributed by atoms with E-state index in [9.17, 15) is 4.79 Å². The zero-order valence-electron chi connectivity index (χ0n) is 10.1. The van der Waals surface area contributed by atoms with Crippen molar-refractivity contribution in [3.05, 3.63) is 51.2 Å². The van der Waals surface area contributed by atoms with Crippen LogP contribution in [0.5, 0.6) is 0 Å². The number of nitrogens with zero attached hydrogens (tertiary/aromatic N) is 1. The molecule has 0 spiro atoms. The van der Waals surface area contributed by atoms with Crippen molar-refractivity contribution in [1.29, 1.82) is 0 Å². The number of hydrogen-bond donors (Lipinski definition) is 2. The van der Waals surface area contributed by atoms with Crippen LogP contribution < -0.4 is 11.1 Å². The summed E-state index contributed by atoms with van der Waals surface area (Å²) in [6.45, 7) is 1.87. The maximum atomic E-state index is 12.1. The summed E-state index contributed by atoms with van der Waals surface area (Å²) in [6.07, 6.45) is 2.94. The van der Waals surface area contributed by atoms with E-state index in [1.807, 2.05) is 13.0 Å². The van der Waals surface area contributed by atoms with Gasteiger partial charge in [0, 0.05) is 16.9 Å². The molecule has 1 amide bonds. The highest BCUT2D eigenvalue weighted by Crippen LogP contribution is 2.28. The van der Waals surface area contributed by atoms with Crippen LogP contribution in [0.2, 0.25) is 5.02 Å². The zero-order chi connectivity index (χ0) is 14.0. The summed E-state index contributed by atoms with van der Waals surface area (Å²) in [5.74, 6) is -0.315. The minimum atomic E-state index is -0.315. The number of carbonyl (C=O) groups is 1. The first-order valence-corrected chi connectivity index (χ1v) is 6.62. The van der Waals surface area contributed by atoms with Gasteiger partial charge in [-0.15, -0.1) is 0 Å². The minimum absolute atomic E-state index is 0.299. The number of nitrogens with two attached hydrogens (primary N) is 1. The van der Waals surface area contributed by atoms with Crippen molar-refractivity contribution in [2.75, 3.05) is 11.1 Å². The summed E-state index contributed by atoms with van der Waals surface area (Å²) in [5, 5.41) is 3.07. The molecule has 0 aliphatic heterocycles. The zero-order valence-corrected chi connectivity index (χ0v) is 12.4. The minimum Gasteiger partial charge on any atom is -0.397 e. The first kappa shape index (κ1) is 13.8. The quantitative estimate of drug-likeness (QED) is 0.820. The third-order valence-corrected chi connectivity index (χ3v) is 3.35. The van der Waals surface area contributed by atoms with Crippen molar-refractivity contribution in [1.82, 2.24) is 4.98 Å². The lowest BCUT2D eigenvalue weighted by Gasteiger charge is -2.12. The second kappa shape index (κ2) is 5.59. The van der Waals surface area contributed by atoms with Gasteiger partial charge in [0.2, 0.25) is 0 Å². The highest BCUT2D eigenvalue weighted by atomic mass is 79.9. The van der Waals surface area contributed by atoms with Crippen molar-refractivity contribution in [2.24, 2.45) is 0 Å². The van der Waals surface area contributed by atoms with E-state index in [4.69, 9.17) is 17.3 Å². The van der Waals surface area contributed by atoms with Crippen LogP contribution in [0.25, 0.3) is 0 Å². The van der Waals surface area contributed by atoms with Crippen molar-refractivity contribution < 1.29 is 4.79 Å². The average Bonchev–Trinajstić information content (AvgIpc) is 2.34. The Kier molecular flexibility index (Phi) is 4.07. The second-order valence-electron chi connectivity index (χ2n) is 4.00. The molecule has 1 heterocycles. The van der Waals surface area contributed by atoms with Gasteiger partial charge in [0.05, 0.1) is 22.0 Å². The number of nitrogen functional groups attached to an aromatic ring is 1. The molecule has 1 aromatic heterocycles. The standard InChI is InChI=1S/C13H11BrClN3O/c1-7-4-8(14)5-11(16)12(7)18-13(19)9-2-3-17-6-10(9)15/h2-6H,16H2,1H3,(H,18,19). The molecule has 0 bridgehead atoms. The molecule has 0 unspecified atom stereocenters. The molecule has 0 aliphatic rings. The Hall–Kier alpha value is -1.59. The predicted molar refractivity (Wildman–Crippen MR) is 80.5 cm³/mol. The number of nitrogens with one attached hydrogen (secondary N) is 1. The Balaban J connectivity index is 2.32. The van der Waals surface area contributed by atoms with E-state index in [1.54, 1.807) is 12.1 Å². The summed E-state index contributed by atoms with van der Waals surface area (Å²) in [5.41, 5.74) is 8.20. The van der Waals surface area contributed by atoms with E-state index < -0.39 is 0 Å². The maximum Gasteiger partial charge on any atom is 0.257 e. The third-order valence-electron chi connectivity index (χ3n) is 2.59. The number of halogens is 2. The Morgan fingerprint density at radius 3 is 2.84 bits per heavy atom. The molecule has 19 heavy (non-hydrogen) atoms. The largest absolute Gasteiger partial charge is 0.397 e. The van der Waals surface area contributed by atoms with Crippen LogP contribution in [0, 0.1) is 6.92 Å². The number of benzene rings is 1. The molecule has 4 nitrogen and oxygen atoms in total. The van der Waals surface area contributed by atoms with Gasteiger partial charge in [0.25, 0.3) is 5.91 Å². The molecule has 0 aliphatic carbocycles. The average molecular weight is 341 g/mol. The van der Waals surface area contributed by atoms with Gasteiger partial charge in [-0.3, -0.25) is 9.78 Å². The number of hydrogen-bond acceptors (Lipinski definition) is 3. The molecule has 98 valence electrons. The summed E-state index contributed by atoms with van der Waals surface area (Å²) < 4.78 is 0.863. The molecule has 0 atom stereocenters. The molecular formula is C13H11BrClN3O. The first-order valence-electron chi connectivity index (χ1n) is 5.45. The van der Waals surface area contributed by atoms with Gasteiger partial charge in [-0.2, -0.15) is 0 Å². The van der Waals surface area contributed by atoms with Gasteiger partial charge < -0.3 is 11.1 Å². The van der Waals surface area contributed by atoms with Gasteiger partial charge in [0.15, 0.2) is 0 Å². The van der Waals surface area contributed by atoms with E-state index in [-0.39, 0.29) is 5.91 Å². The summed E-state index contributed by atoms with van der Waals surface area (Å²) in [6, 6.07) is 5.17. The third kappa shape index (κ3) is 3.05. The molecule has 1 aromatic carbocycles. The van der Waals surface area contributed by atoms with E-state index in [0.29, 0.717) is 22.0 Å². The van der Waals surface area contributed by atoms with E-state index in [1.165, 1.54) is 12.4 Å². The number of aromatic nitrogens is 1. The number of anilines is 2. The second-order valence-corrected chi connectivity index (χ2v) is 5.32. The lowest BCUT2D eigenvalue weighted by molar-refractivity contribution is 0.102. The van der Waals surface area contributed by atoms with Gasteiger partial charge in [0.1, 0.15) is 0 Å². The SMILES string of the molecule is Cc1cc(Br)cc(N)c1NC(=O)c1ccncc1Cl. The van der Waals surface area contributed by atoms with Crippen molar-refractivity contribution >= 4 is 44.8 Å². The van der Waals surface area contributed by atoms with E-state index in [2.05, 4.69) is 26.2 Å². The van der Waals surface area contributed by atoms with Gasteiger partial charge in [-0.05, 0) is 30.7 Å². The van der Waals surface area contributed by atoms with Crippen LogP contribution in [0.3, 0.4) is 0 Å². The Morgan fingerprint density at radius 2 is 2.21 bits per heavy atom. The Morgan fingerprint density at radius 1 is 1.47 bits per heavy atom. The molecule has 2 rings (SSSR count). The number of rotatable bonds is 2. The maximum absolute atomic E-state index is 12.1. The van der Waals surface area contributed by atoms with Crippen LogP contribution in [0.15, 0.2) is 35.1 Å². The topological polar surface area (TPSA) is 68.0 Å². The molecule has 0 saturated heterocycles. The molecule has 0 radical (unpaired) electrons. The predicted octanol–water partition coefficient (Wildman–Crippen LogP) is 3.64. The highest BCUT2D eigenvalue weighted by Gasteiger charge is 2.13. The fraction of sp³-hybridized carbons (Fsp3) is 0.0769. The smallest absolute Gasteiger partial charge is 0.257 e.